The molecule has 2 aromatic heterocycles. The van der Waals surface area contributed by atoms with Crippen LogP contribution >= 0.6 is 23.7 Å². The Kier molecular flexibility index (Phi) is 4.99. The fourth-order valence-electron chi connectivity index (χ4n) is 2.84. The first-order chi connectivity index (χ1) is 11.6. The Bertz CT molecular complexity index is 921. The molecule has 1 aliphatic rings. The zero-order valence-electron chi connectivity index (χ0n) is 13.9. The number of benzene rings is 1. The molecular weight excluding hydrogens is 362 g/mol. The maximum absolute atomic E-state index is 12.5. The first kappa shape index (κ1) is 17.7. The van der Waals surface area contributed by atoms with Crippen molar-refractivity contribution in [1.82, 2.24) is 9.88 Å². The van der Waals surface area contributed by atoms with Crippen molar-refractivity contribution < 1.29 is 13.9 Å². The van der Waals surface area contributed by atoms with E-state index in [2.05, 4.69) is 22.2 Å². The second kappa shape index (κ2) is 7.03. The van der Waals surface area contributed by atoms with Crippen molar-refractivity contribution in [3.05, 3.63) is 40.6 Å². The molecule has 4 rings (SSSR count). The molecule has 1 aromatic carbocycles. The molecule has 1 N–H and O–H groups in total. The van der Waals surface area contributed by atoms with Crippen LogP contribution in [-0.4, -0.2) is 36.5 Å². The third-order valence-electron chi connectivity index (χ3n) is 4.09. The fourth-order valence-corrected chi connectivity index (χ4v) is 3.93. The summed E-state index contributed by atoms with van der Waals surface area (Å²) in [5.74, 6) is 0.562. The highest BCUT2D eigenvalue weighted by molar-refractivity contribution is 7.15. The van der Waals surface area contributed by atoms with Gasteiger partial charge < -0.3 is 14.1 Å². The summed E-state index contributed by atoms with van der Waals surface area (Å²) in [6.07, 6.45) is 0.917. The molecule has 132 valence electrons. The van der Waals surface area contributed by atoms with Gasteiger partial charge in [-0.2, -0.15) is 0 Å². The van der Waals surface area contributed by atoms with Crippen LogP contribution in [0.3, 0.4) is 0 Å². The maximum Gasteiger partial charge on any atom is 0.293 e. The van der Waals surface area contributed by atoms with Crippen LogP contribution in [0.15, 0.2) is 28.7 Å². The van der Waals surface area contributed by atoms with Crippen molar-refractivity contribution in [2.45, 2.75) is 13.0 Å². The number of carbonyl (C=O) groups is 1. The molecule has 0 aliphatic carbocycles. The lowest BCUT2D eigenvalue weighted by Gasteiger charge is -2.20. The summed E-state index contributed by atoms with van der Waals surface area (Å²) in [6, 6.07) is 7.27. The molecule has 0 atom stereocenters. The first-order valence-electron chi connectivity index (χ1n) is 7.69. The van der Waals surface area contributed by atoms with Crippen molar-refractivity contribution >= 4 is 45.8 Å². The summed E-state index contributed by atoms with van der Waals surface area (Å²) in [5, 5.41) is 4.30. The average Bonchev–Trinajstić information content (AvgIpc) is 3.17. The predicted molar refractivity (Wildman–Crippen MR) is 100 cm³/mol. The lowest BCUT2D eigenvalue weighted by molar-refractivity contribution is 0.0998. The predicted octanol–water partition coefficient (Wildman–Crippen LogP) is 3.56. The molecule has 1 aliphatic heterocycles. The van der Waals surface area contributed by atoms with E-state index in [1.54, 1.807) is 19.2 Å². The first-order valence-corrected chi connectivity index (χ1v) is 8.50. The Hall–Kier alpha value is -2.09. The van der Waals surface area contributed by atoms with Gasteiger partial charge in [0.15, 0.2) is 22.2 Å². The molecular formula is C17H18ClN3O3S. The number of nitrogens with zero attached hydrogens (tertiary/aromatic N) is 2. The number of para-hydroxylation sites is 1. The monoisotopic (exact) mass is 379 g/mol. The quantitative estimate of drug-likeness (QED) is 0.753. The SMILES string of the molecule is COc1cccc2cc(C(=O)Nc3nc4c(s3)CN(C)CC4)oc12.Cl. The molecule has 6 nitrogen and oxygen atoms in total. The van der Waals surface area contributed by atoms with Gasteiger partial charge in [0.05, 0.1) is 12.8 Å². The number of furan rings is 1. The molecule has 3 aromatic rings. The van der Waals surface area contributed by atoms with Crippen molar-refractivity contribution in [2.75, 3.05) is 26.0 Å². The number of hydrogen-bond acceptors (Lipinski definition) is 6. The van der Waals surface area contributed by atoms with Gasteiger partial charge in [0, 0.05) is 29.8 Å². The molecule has 0 saturated carbocycles. The van der Waals surface area contributed by atoms with Gasteiger partial charge in [0.1, 0.15) is 0 Å². The number of fused-ring (bicyclic) bond motifs is 2. The van der Waals surface area contributed by atoms with Crippen LogP contribution in [0.25, 0.3) is 11.0 Å². The van der Waals surface area contributed by atoms with E-state index >= 15 is 0 Å². The van der Waals surface area contributed by atoms with E-state index in [1.807, 2.05) is 12.1 Å². The van der Waals surface area contributed by atoms with E-state index in [0.717, 1.165) is 30.6 Å². The number of ether oxygens (including phenoxy) is 1. The van der Waals surface area contributed by atoms with E-state index in [4.69, 9.17) is 9.15 Å². The normalized spacial score (nSPS) is 14.0. The average molecular weight is 380 g/mol. The number of thiazole rings is 1. The number of likely N-dealkylation sites (N-methyl/N-ethyl adjacent to an activating group) is 1. The lowest BCUT2D eigenvalue weighted by Crippen LogP contribution is -2.25. The molecule has 0 radical (unpaired) electrons. The number of amides is 1. The summed E-state index contributed by atoms with van der Waals surface area (Å²) in [4.78, 5) is 20.5. The van der Waals surface area contributed by atoms with Gasteiger partial charge in [-0.25, -0.2) is 4.98 Å². The smallest absolute Gasteiger partial charge is 0.293 e. The highest BCUT2D eigenvalue weighted by Crippen LogP contribution is 2.30. The highest BCUT2D eigenvalue weighted by Gasteiger charge is 2.21. The minimum Gasteiger partial charge on any atom is -0.493 e. The van der Waals surface area contributed by atoms with Gasteiger partial charge in [0.25, 0.3) is 5.91 Å². The maximum atomic E-state index is 12.5. The summed E-state index contributed by atoms with van der Waals surface area (Å²) in [5.41, 5.74) is 1.66. The van der Waals surface area contributed by atoms with Gasteiger partial charge in [-0.05, 0) is 19.2 Å². The Morgan fingerprint density at radius 2 is 2.28 bits per heavy atom. The van der Waals surface area contributed by atoms with Gasteiger partial charge in [-0.3, -0.25) is 10.1 Å². The van der Waals surface area contributed by atoms with Crippen molar-refractivity contribution in [1.29, 1.82) is 0 Å². The minimum absolute atomic E-state index is 0. The summed E-state index contributed by atoms with van der Waals surface area (Å²) in [6.45, 7) is 1.87. The molecule has 0 spiro atoms. The number of hydrogen-bond donors (Lipinski definition) is 1. The number of methoxy groups -OCH3 is 1. The van der Waals surface area contributed by atoms with Crippen LogP contribution in [0.5, 0.6) is 5.75 Å². The highest BCUT2D eigenvalue weighted by atomic mass is 35.5. The van der Waals surface area contributed by atoms with E-state index in [-0.39, 0.29) is 24.1 Å². The molecule has 1 amide bonds. The van der Waals surface area contributed by atoms with Gasteiger partial charge >= 0.3 is 0 Å². The fraction of sp³-hybridized carbons (Fsp3) is 0.294. The van der Waals surface area contributed by atoms with E-state index in [1.165, 1.54) is 16.2 Å². The van der Waals surface area contributed by atoms with Crippen LogP contribution in [0.4, 0.5) is 5.13 Å². The topological polar surface area (TPSA) is 67.6 Å². The second-order valence-electron chi connectivity index (χ2n) is 5.82. The molecule has 25 heavy (non-hydrogen) atoms. The Labute approximate surface area is 155 Å². The van der Waals surface area contributed by atoms with E-state index in [9.17, 15) is 4.79 Å². The Morgan fingerprint density at radius 1 is 1.44 bits per heavy atom. The Balaban J connectivity index is 0.00000182. The number of rotatable bonds is 3. The van der Waals surface area contributed by atoms with Gasteiger partial charge in [-0.15, -0.1) is 23.7 Å². The van der Waals surface area contributed by atoms with Crippen molar-refractivity contribution in [3.63, 3.8) is 0 Å². The Morgan fingerprint density at radius 3 is 3.08 bits per heavy atom. The lowest BCUT2D eigenvalue weighted by atomic mass is 10.2. The van der Waals surface area contributed by atoms with E-state index < -0.39 is 0 Å². The van der Waals surface area contributed by atoms with Crippen molar-refractivity contribution in [2.24, 2.45) is 0 Å². The third kappa shape index (κ3) is 3.35. The van der Waals surface area contributed by atoms with Crippen molar-refractivity contribution in [3.8, 4) is 5.75 Å². The minimum atomic E-state index is -0.298. The standard InChI is InChI=1S/C17H17N3O3S.ClH/c1-20-7-6-11-14(9-20)24-17(18-11)19-16(21)13-8-10-4-3-5-12(22-2)15(10)23-13;/h3-5,8H,6-7,9H2,1-2H3,(H,18,19,21);1H. The number of anilines is 1. The van der Waals surface area contributed by atoms with Crippen LogP contribution in [0.2, 0.25) is 0 Å². The number of nitrogens with one attached hydrogen (secondary N) is 1. The van der Waals surface area contributed by atoms with Gasteiger partial charge in [0.2, 0.25) is 0 Å². The zero-order chi connectivity index (χ0) is 16.7. The number of halogens is 1. The van der Waals surface area contributed by atoms with Crippen LogP contribution in [0, 0.1) is 0 Å². The van der Waals surface area contributed by atoms with E-state index in [0.29, 0.717) is 16.5 Å². The summed E-state index contributed by atoms with van der Waals surface area (Å²) >= 11 is 1.53. The number of aromatic nitrogens is 1. The molecule has 0 fully saturated rings. The number of carbonyl (C=O) groups excluding carboxylic acids is 1. The molecule has 8 heteroatoms. The molecule has 3 heterocycles. The second-order valence-corrected chi connectivity index (χ2v) is 6.90. The zero-order valence-corrected chi connectivity index (χ0v) is 15.5. The molecule has 0 unspecified atom stereocenters. The summed E-state index contributed by atoms with van der Waals surface area (Å²) < 4.78 is 10.9. The van der Waals surface area contributed by atoms with Crippen LogP contribution < -0.4 is 10.1 Å². The van der Waals surface area contributed by atoms with Crippen LogP contribution in [0.1, 0.15) is 21.1 Å². The molecule has 0 saturated heterocycles. The molecule has 0 bridgehead atoms. The summed E-state index contributed by atoms with van der Waals surface area (Å²) in [7, 11) is 3.66. The van der Waals surface area contributed by atoms with Crippen LogP contribution in [-0.2, 0) is 13.0 Å². The third-order valence-corrected chi connectivity index (χ3v) is 5.09. The largest absolute Gasteiger partial charge is 0.493 e. The van der Waals surface area contributed by atoms with Gasteiger partial charge in [-0.1, -0.05) is 12.1 Å².